The highest BCUT2D eigenvalue weighted by Crippen LogP contribution is 2.25. The zero-order chi connectivity index (χ0) is 16.1. The van der Waals surface area contributed by atoms with Crippen molar-refractivity contribution in [3.8, 4) is 5.75 Å². The molecule has 2 N–H and O–H groups in total. The minimum absolute atomic E-state index is 0.359. The average molecular weight is 314 g/mol. The fraction of sp³-hybridized carbons (Fsp3) is 0.500. The first kappa shape index (κ1) is 16.3. The number of hydrogen-bond acceptors (Lipinski definition) is 2. The molecule has 23 heavy (non-hydrogen) atoms. The van der Waals surface area contributed by atoms with Crippen molar-refractivity contribution in [2.45, 2.75) is 44.2 Å². The van der Waals surface area contributed by atoms with E-state index in [0.29, 0.717) is 12.6 Å². The molecule has 0 aromatic heterocycles. The molecule has 1 saturated carbocycles. The van der Waals surface area contributed by atoms with Crippen LogP contribution in [0.3, 0.4) is 0 Å². The molecular formula is C20H28NO2+. The molecule has 3 rings (SSSR count). The van der Waals surface area contributed by atoms with Gasteiger partial charge in [-0.15, -0.1) is 0 Å². The lowest BCUT2D eigenvalue weighted by atomic mass is 9.94. The molecule has 3 nitrogen and oxygen atoms in total. The van der Waals surface area contributed by atoms with Crippen LogP contribution in [0.25, 0.3) is 10.8 Å². The van der Waals surface area contributed by atoms with Gasteiger partial charge in [-0.1, -0.05) is 42.8 Å². The second-order valence-electron chi connectivity index (χ2n) is 6.83. The number of benzene rings is 2. The smallest absolute Gasteiger partial charge is 0.137 e. The molecular weight excluding hydrogens is 286 g/mol. The van der Waals surface area contributed by atoms with Crippen molar-refractivity contribution in [1.29, 1.82) is 0 Å². The van der Waals surface area contributed by atoms with E-state index in [1.54, 1.807) is 0 Å². The fourth-order valence-electron chi connectivity index (χ4n) is 3.70. The third kappa shape index (κ3) is 4.24. The molecule has 0 heterocycles. The Balaban J connectivity index is 1.54. The van der Waals surface area contributed by atoms with E-state index < -0.39 is 6.10 Å². The van der Waals surface area contributed by atoms with Crippen LogP contribution in [-0.4, -0.2) is 37.5 Å². The Hall–Kier alpha value is -1.58. The Kier molecular flexibility index (Phi) is 5.52. The second-order valence-corrected chi connectivity index (χ2v) is 6.83. The molecule has 3 heteroatoms. The van der Waals surface area contributed by atoms with E-state index in [4.69, 9.17) is 4.74 Å². The molecule has 0 bridgehead atoms. The van der Waals surface area contributed by atoms with Gasteiger partial charge in [0.05, 0.1) is 13.1 Å². The van der Waals surface area contributed by atoms with Crippen molar-refractivity contribution in [3.05, 3.63) is 42.5 Å². The molecule has 1 aliphatic carbocycles. The van der Waals surface area contributed by atoms with Crippen LogP contribution in [-0.2, 0) is 0 Å². The van der Waals surface area contributed by atoms with Gasteiger partial charge >= 0.3 is 0 Å². The molecule has 2 aromatic carbocycles. The van der Waals surface area contributed by atoms with Gasteiger partial charge in [0.2, 0.25) is 0 Å². The van der Waals surface area contributed by atoms with Crippen molar-refractivity contribution < 1.29 is 14.7 Å². The number of quaternary nitrogens is 1. The maximum absolute atomic E-state index is 10.3. The molecule has 2 aromatic rings. The first-order valence-corrected chi connectivity index (χ1v) is 8.85. The number of fused-ring (bicyclic) bond motifs is 1. The first-order valence-electron chi connectivity index (χ1n) is 8.85. The number of hydrogen-bond donors (Lipinski definition) is 2. The topological polar surface area (TPSA) is 33.9 Å². The van der Waals surface area contributed by atoms with E-state index in [1.165, 1.54) is 42.4 Å². The minimum Gasteiger partial charge on any atom is -0.490 e. The Bertz CT molecular complexity index is 617. The number of aliphatic hydroxyl groups is 1. The molecule has 1 aliphatic rings. The van der Waals surface area contributed by atoms with Crippen molar-refractivity contribution >= 4 is 10.8 Å². The fourth-order valence-corrected chi connectivity index (χ4v) is 3.70. The highest BCUT2D eigenvalue weighted by atomic mass is 16.5. The molecule has 0 spiro atoms. The number of ether oxygens (including phenoxy) is 1. The molecule has 0 amide bonds. The van der Waals surface area contributed by atoms with Crippen molar-refractivity contribution in [1.82, 2.24) is 0 Å². The average Bonchev–Trinajstić information content (AvgIpc) is 2.60. The van der Waals surface area contributed by atoms with E-state index in [1.807, 2.05) is 24.3 Å². The molecule has 1 fully saturated rings. The molecule has 2 atom stereocenters. The summed E-state index contributed by atoms with van der Waals surface area (Å²) in [6, 6.07) is 15.0. The van der Waals surface area contributed by atoms with Gasteiger partial charge in [-0.2, -0.15) is 0 Å². The number of rotatable bonds is 6. The van der Waals surface area contributed by atoms with E-state index >= 15 is 0 Å². The molecule has 124 valence electrons. The summed E-state index contributed by atoms with van der Waals surface area (Å²) in [7, 11) is 2.21. The van der Waals surface area contributed by atoms with Gasteiger partial charge in [0.25, 0.3) is 0 Å². The normalized spacial score (nSPS) is 18.7. The second kappa shape index (κ2) is 7.80. The minimum atomic E-state index is -0.420. The SMILES string of the molecule is C[NH+](C[C@H](O)COc1cccc2ccccc12)C1CCCCC1. The third-order valence-corrected chi connectivity index (χ3v) is 5.04. The predicted molar refractivity (Wildman–Crippen MR) is 94.1 cm³/mol. The number of nitrogens with one attached hydrogen (secondary N) is 1. The maximum Gasteiger partial charge on any atom is 0.137 e. The lowest BCUT2D eigenvalue weighted by Crippen LogP contribution is -3.14. The Labute approximate surface area is 138 Å². The van der Waals surface area contributed by atoms with E-state index in [-0.39, 0.29) is 0 Å². The van der Waals surface area contributed by atoms with Crippen LogP contribution in [0.2, 0.25) is 0 Å². The van der Waals surface area contributed by atoms with Gasteiger partial charge in [0.15, 0.2) is 0 Å². The lowest BCUT2D eigenvalue weighted by molar-refractivity contribution is -0.910. The van der Waals surface area contributed by atoms with Gasteiger partial charge < -0.3 is 14.7 Å². The molecule has 0 aliphatic heterocycles. The summed E-state index contributed by atoms with van der Waals surface area (Å²) in [5.74, 6) is 0.859. The monoisotopic (exact) mass is 314 g/mol. The highest BCUT2D eigenvalue weighted by molar-refractivity contribution is 5.88. The quantitative estimate of drug-likeness (QED) is 0.859. The van der Waals surface area contributed by atoms with Crippen LogP contribution in [0, 0.1) is 0 Å². The summed E-state index contributed by atoms with van der Waals surface area (Å²) in [5, 5.41) is 12.6. The van der Waals surface area contributed by atoms with Gasteiger partial charge in [-0.3, -0.25) is 0 Å². The summed E-state index contributed by atoms with van der Waals surface area (Å²) in [6.07, 6.45) is 6.22. The zero-order valence-corrected chi connectivity index (χ0v) is 14.0. The molecule has 1 unspecified atom stereocenters. The van der Waals surface area contributed by atoms with Gasteiger partial charge in [-0.25, -0.2) is 0 Å². The standard InChI is InChI=1S/C20H27NO2/c1-21(17-10-3-2-4-11-17)14-18(22)15-23-20-13-7-9-16-8-5-6-12-19(16)20/h5-9,12-13,17-18,22H,2-4,10-11,14-15H2,1H3/p+1/t18-/m0/s1. The first-order chi connectivity index (χ1) is 11.2. The lowest BCUT2D eigenvalue weighted by Gasteiger charge is -2.29. The maximum atomic E-state index is 10.3. The summed E-state index contributed by atoms with van der Waals surface area (Å²) in [4.78, 5) is 1.44. The van der Waals surface area contributed by atoms with E-state index in [2.05, 4.69) is 25.2 Å². The highest BCUT2D eigenvalue weighted by Gasteiger charge is 2.23. The summed E-state index contributed by atoms with van der Waals surface area (Å²) in [5.41, 5.74) is 0. The summed E-state index contributed by atoms with van der Waals surface area (Å²) < 4.78 is 5.91. The van der Waals surface area contributed by atoms with Crippen LogP contribution >= 0.6 is 0 Å². The van der Waals surface area contributed by atoms with Gasteiger partial charge in [-0.05, 0) is 37.1 Å². The summed E-state index contributed by atoms with van der Waals surface area (Å²) >= 11 is 0. The van der Waals surface area contributed by atoms with Crippen molar-refractivity contribution in [3.63, 3.8) is 0 Å². The molecule has 0 saturated heterocycles. The predicted octanol–water partition coefficient (Wildman–Crippen LogP) is 2.43. The van der Waals surface area contributed by atoms with Crippen LogP contribution < -0.4 is 9.64 Å². The van der Waals surface area contributed by atoms with Crippen LogP contribution in [0.1, 0.15) is 32.1 Å². The van der Waals surface area contributed by atoms with Crippen LogP contribution in [0.5, 0.6) is 5.75 Å². The van der Waals surface area contributed by atoms with Crippen molar-refractivity contribution in [2.75, 3.05) is 20.2 Å². The Morgan fingerprint density at radius 1 is 1.09 bits per heavy atom. The Morgan fingerprint density at radius 2 is 1.83 bits per heavy atom. The van der Waals surface area contributed by atoms with Crippen molar-refractivity contribution in [2.24, 2.45) is 0 Å². The largest absolute Gasteiger partial charge is 0.490 e. The van der Waals surface area contributed by atoms with E-state index in [9.17, 15) is 5.11 Å². The third-order valence-electron chi connectivity index (χ3n) is 5.04. The van der Waals surface area contributed by atoms with Gasteiger partial charge in [0, 0.05) is 5.39 Å². The van der Waals surface area contributed by atoms with Gasteiger partial charge in [0.1, 0.15) is 25.0 Å². The number of aliphatic hydroxyl groups excluding tert-OH is 1. The molecule has 0 radical (unpaired) electrons. The number of likely N-dealkylation sites (N-methyl/N-ethyl adjacent to an activating group) is 1. The van der Waals surface area contributed by atoms with Crippen LogP contribution in [0.15, 0.2) is 42.5 Å². The van der Waals surface area contributed by atoms with E-state index in [0.717, 1.165) is 17.7 Å². The summed E-state index contributed by atoms with van der Waals surface area (Å²) in [6.45, 7) is 1.12. The Morgan fingerprint density at radius 3 is 2.65 bits per heavy atom. The van der Waals surface area contributed by atoms with Crippen LogP contribution in [0.4, 0.5) is 0 Å². The zero-order valence-electron chi connectivity index (χ0n) is 14.0.